The van der Waals surface area contributed by atoms with Crippen molar-refractivity contribution < 1.29 is 27.4 Å². The fourth-order valence-electron chi connectivity index (χ4n) is 4.32. The first-order valence-corrected chi connectivity index (χ1v) is 13.0. The van der Waals surface area contributed by atoms with Gasteiger partial charge >= 0.3 is 6.18 Å². The molecule has 0 radical (unpaired) electrons. The monoisotopic (exact) mass is 575 g/mol. The van der Waals surface area contributed by atoms with Crippen LogP contribution in [0.1, 0.15) is 16.2 Å². The van der Waals surface area contributed by atoms with Crippen LogP contribution in [0, 0.1) is 0 Å². The van der Waals surface area contributed by atoms with Crippen LogP contribution in [0.25, 0.3) is 37.7 Å². The molecule has 0 aliphatic carbocycles. The van der Waals surface area contributed by atoms with E-state index in [1.54, 1.807) is 35.6 Å². The number of hydrogen-bond donors (Lipinski definition) is 1. The summed E-state index contributed by atoms with van der Waals surface area (Å²) in [7, 11) is 2.88. The van der Waals surface area contributed by atoms with Crippen LogP contribution >= 0.6 is 11.3 Å². The molecule has 206 valence electrons. The zero-order valence-corrected chi connectivity index (χ0v) is 22.4. The van der Waals surface area contributed by atoms with E-state index in [9.17, 15) is 18.0 Å². The van der Waals surface area contributed by atoms with E-state index < -0.39 is 17.8 Å². The predicted molar refractivity (Wildman–Crippen MR) is 150 cm³/mol. The maximum Gasteiger partial charge on any atom is 0.433 e. The third-order valence-electron chi connectivity index (χ3n) is 6.31. The molecule has 6 rings (SSSR count). The third kappa shape index (κ3) is 5.05. The molecule has 0 spiro atoms. The van der Waals surface area contributed by atoms with Crippen LogP contribution in [-0.2, 0) is 6.18 Å². The van der Waals surface area contributed by atoms with Crippen molar-refractivity contribution in [1.29, 1.82) is 0 Å². The standard InChI is InChI=1S/C29H20F3N5O3S/c1-39-22-12-9-17(13-23(22)40-2)20-14-25(29(30,31)32)37-26(34-20)15-21(36-37)27(38)33-18-10-7-16(8-11-18)28-35-19-5-3-4-6-24(19)41-28/h3-15H,1-2H3,(H,33,38). The van der Waals surface area contributed by atoms with Crippen LogP contribution in [0.3, 0.4) is 0 Å². The predicted octanol–water partition coefficient (Wildman–Crippen LogP) is 6.96. The highest BCUT2D eigenvalue weighted by molar-refractivity contribution is 7.21. The van der Waals surface area contributed by atoms with Gasteiger partial charge in [0.05, 0.1) is 30.1 Å². The number of para-hydroxylation sites is 1. The van der Waals surface area contributed by atoms with Crippen LogP contribution in [-0.4, -0.2) is 39.7 Å². The summed E-state index contributed by atoms with van der Waals surface area (Å²) in [6.07, 6.45) is -4.76. The number of amides is 1. The molecule has 0 bridgehead atoms. The first-order valence-electron chi connectivity index (χ1n) is 12.2. The number of methoxy groups -OCH3 is 2. The quantitative estimate of drug-likeness (QED) is 0.231. The maximum atomic E-state index is 14.0. The molecule has 0 aliphatic rings. The van der Waals surface area contributed by atoms with Gasteiger partial charge in [0, 0.05) is 22.9 Å². The number of aromatic nitrogens is 4. The minimum Gasteiger partial charge on any atom is -0.493 e. The van der Waals surface area contributed by atoms with Gasteiger partial charge in [0.25, 0.3) is 5.91 Å². The fraction of sp³-hybridized carbons (Fsp3) is 0.103. The molecule has 3 aromatic heterocycles. The largest absolute Gasteiger partial charge is 0.493 e. The molecule has 0 atom stereocenters. The summed E-state index contributed by atoms with van der Waals surface area (Å²) in [4.78, 5) is 22.0. The summed E-state index contributed by atoms with van der Waals surface area (Å²) in [5.41, 5.74) is 1.19. The van der Waals surface area contributed by atoms with Gasteiger partial charge in [-0.15, -0.1) is 11.3 Å². The number of fused-ring (bicyclic) bond motifs is 2. The number of benzene rings is 3. The lowest BCUT2D eigenvalue weighted by molar-refractivity contribution is -0.142. The number of ether oxygens (including phenoxy) is 2. The highest BCUT2D eigenvalue weighted by Gasteiger charge is 2.35. The maximum absolute atomic E-state index is 14.0. The number of nitrogens with zero attached hydrogens (tertiary/aromatic N) is 4. The Hall–Kier alpha value is -4.97. The summed E-state index contributed by atoms with van der Waals surface area (Å²) < 4.78 is 54.3. The molecule has 41 heavy (non-hydrogen) atoms. The van der Waals surface area contributed by atoms with Crippen LogP contribution in [0.4, 0.5) is 18.9 Å². The number of halogens is 3. The Morgan fingerprint density at radius 2 is 1.61 bits per heavy atom. The summed E-state index contributed by atoms with van der Waals surface area (Å²) in [5.74, 6) is 0.0804. The van der Waals surface area contributed by atoms with Crippen molar-refractivity contribution in [3.63, 3.8) is 0 Å². The van der Waals surface area contributed by atoms with Crippen molar-refractivity contribution in [2.75, 3.05) is 19.5 Å². The number of hydrogen-bond acceptors (Lipinski definition) is 7. The van der Waals surface area contributed by atoms with E-state index in [1.807, 2.05) is 36.4 Å². The van der Waals surface area contributed by atoms with Crippen LogP contribution in [0.5, 0.6) is 11.5 Å². The van der Waals surface area contributed by atoms with Crippen molar-refractivity contribution in [3.05, 3.63) is 90.3 Å². The topological polar surface area (TPSA) is 90.6 Å². The lowest BCUT2D eigenvalue weighted by Gasteiger charge is -2.12. The first-order chi connectivity index (χ1) is 19.7. The molecule has 3 heterocycles. The lowest BCUT2D eigenvalue weighted by atomic mass is 10.1. The van der Waals surface area contributed by atoms with Gasteiger partial charge in [-0.3, -0.25) is 4.79 Å². The molecule has 6 aromatic rings. The van der Waals surface area contributed by atoms with Gasteiger partial charge < -0.3 is 14.8 Å². The van der Waals surface area contributed by atoms with Gasteiger partial charge in [-0.25, -0.2) is 14.5 Å². The number of thiazole rings is 1. The molecule has 1 N–H and O–H groups in total. The van der Waals surface area contributed by atoms with E-state index in [2.05, 4.69) is 20.4 Å². The zero-order chi connectivity index (χ0) is 28.7. The number of carbonyl (C=O) groups excluding carboxylic acids is 1. The van der Waals surface area contributed by atoms with Crippen LogP contribution < -0.4 is 14.8 Å². The molecular weight excluding hydrogens is 555 g/mol. The Bertz CT molecular complexity index is 1880. The van der Waals surface area contributed by atoms with Crippen molar-refractivity contribution in [1.82, 2.24) is 19.6 Å². The zero-order valence-electron chi connectivity index (χ0n) is 21.6. The lowest BCUT2D eigenvalue weighted by Crippen LogP contribution is -2.15. The minimum absolute atomic E-state index is 0.0306. The molecule has 8 nitrogen and oxygen atoms in total. The molecular formula is C29H20F3N5O3S. The number of rotatable bonds is 6. The van der Waals surface area contributed by atoms with Crippen molar-refractivity contribution in [3.8, 4) is 33.3 Å². The average molecular weight is 576 g/mol. The van der Waals surface area contributed by atoms with Crippen molar-refractivity contribution in [2.24, 2.45) is 0 Å². The number of alkyl halides is 3. The van der Waals surface area contributed by atoms with Gasteiger partial charge in [-0.2, -0.15) is 18.3 Å². The molecule has 3 aromatic carbocycles. The normalized spacial score (nSPS) is 11.6. The number of carbonyl (C=O) groups is 1. The van der Waals surface area contributed by atoms with E-state index in [0.717, 1.165) is 26.9 Å². The van der Waals surface area contributed by atoms with Gasteiger partial charge in [0.15, 0.2) is 28.5 Å². The second-order valence-corrected chi connectivity index (χ2v) is 9.94. The molecule has 0 saturated carbocycles. The second kappa shape index (κ2) is 10.2. The highest BCUT2D eigenvalue weighted by Crippen LogP contribution is 2.36. The van der Waals surface area contributed by atoms with Crippen molar-refractivity contribution >= 4 is 38.8 Å². The van der Waals surface area contributed by atoms with E-state index in [1.165, 1.54) is 26.4 Å². The molecule has 12 heteroatoms. The first kappa shape index (κ1) is 26.3. The summed E-state index contributed by atoms with van der Waals surface area (Å²) in [6, 6.07) is 21.6. The third-order valence-corrected chi connectivity index (χ3v) is 7.40. The molecule has 0 saturated heterocycles. The van der Waals surface area contributed by atoms with E-state index in [0.29, 0.717) is 27.3 Å². The Kier molecular flexibility index (Phi) is 6.54. The summed E-state index contributed by atoms with van der Waals surface area (Å²) in [5, 5.41) is 7.45. The molecule has 1 amide bonds. The molecule has 0 aliphatic heterocycles. The van der Waals surface area contributed by atoms with Gasteiger partial charge in [-0.05, 0) is 60.7 Å². The number of anilines is 1. The van der Waals surface area contributed by atoms with Gasteiger partial charge in [0.1, 0.15) is 5.01 Å². The number of nitrogens with one attached hydrogen (secondary N) is 1. The fourth-order valence-corrected chi connectivity index (χ4v) is 5.29. The van der Waals surface area contributed by atoms with Gasteiger partial charge in [-0.1, -0.05) is 12.1 Å². The van der Waals surface area contributed by atoms with E-state index in [4.69, 9.17) is 9.47 Å². The minimum atomic E-state index is -4.76. The molecule has 0 fully saturated rings. The second-order valence-electron chi connectivity index (χ2n) is 8.91. The Balaban J connectivity index is 1.30. The smallest absolute Gasteiger partial charge is 0.433 e. The summed E-state index contributed by atoms with van der Waals surface area (Å²) >= 11 is 1.55. The van der Waals surface area contributed by atoms with Crippen LogP contribution in [0.15, 0.2) is 78.9 Å². The van der Waals surface area contributed by atoms with E-state index >= 15 is 0 Å². The van der Waals surface area contributed by atoms with Crippen LogP contribution in [0.2, 0.25) is 0 Å². The Morgan fingerprint density at radius 3 is 2.32 bits per heavy atom. The van der Waals surface area contributed by atoms with Crippen molar-refractivity contribution in [2.45, 2.75) is 6.18 Å². The Labute approximate surface area is 235 Å². The molecule has 0 unspecified atom stereocenters. The average Bonchev–Trinajstić information content (AvgIpc) is 3.61. The van der Waals surface area contributed by atoms with E-state index in [-0.39, 0.29) is 17.0 Å². The highest BCUT2D eigenvalue weighted by atomic mass is 32.1. The summed E-state index contributed by atoms with van der Waals surface area (Å²) in [6.45, 7) is 0. The SMILES string of the molecule is COc1ccc(-c2cc(C(F)(F)F)n3nc(C(=O)Nc4ccc(-c5nc6ccccc6s5)cc4)cc3n2)cc1OC. The Morgan fingerprint density at radius 1 is 0.878 bits per heavy atom. The van der Waals surface area contributed by atoms with Gasteiger partial charge in [0.2, 0.25) is 0 Å².